The Morgan fingerprint density at radius 1 is 1.19 bits per heavy atom. The minimum absolute atomic E-state index is 0.0748. The monoisotopic (exact) mass is 288 g/mol. The van der Waals surface area contributed by atoms with Gasteiger partial charge in [-0.2, -0.15) is 0 Å². The van der Waals surface area contributed by atoms with Crippen molar-refractivity contribution in [1.29, 1.82) is 0 Å². The van der Waals surface area contributed by atoms with E-state index in [1.807, 2.05) is 13.0 Å². The van der Waals surface area contributed by atoms with E-state index in [1.54, 1.807) is 30.3 Å². The van der Waals surface area contributed by atoms with Gasteiger partial charge in [0.2, 0.25) is 0 Å². The van der Waals surface area contributed by atoms with E-state index < -0.39 is 0 Å². The molecule has 1 aromatic heterocycles. The average Bonchev–Trinajstić information content (AvgIpc) is 2.49. The maximum atomic E-state index is 11.9. The molecule has 0 atom stereocenters. The number of carbonyl (C=O) groups is 1. The molecule has 110 valence electrons. The highest BCUT2D eigenvalue weighted by Crippen LogP contribution is 2.23. The van der Waals surface area contributed by atoms with Crippen LogP contribution in [0.1, 0.15) is 6.92 Å². The van der Waals surface area contributed by atoms with Crippen molar-refractivity contribution in [1.82, 2.24) is 0 Å². The smallest absolute Gasteiger partial charge is 0.379 e. The summed E-state index contributed by atoms with van der Waals surface area (Å²) in [5.41, 5.74) is 0.566. The second kappa shape index (κ2) is 7.14. The Labute approximate surface area is 122 Å². The normalized spacial score (nSPS) is 9.95. The van der Waals surface area contributed by atoms with Crippen LogP contribution in [-0.2, 0) is 4.79 Å². The number of nitrogens with zero attached hydrogens (tertiary/aromatic N) is 1. The van der Waals surface area contributed by atoms with Crippen LogP contribution in [-0.4, -0.2) is 19.1 Å². The predicted molar refractivity (Wildman–Crippen MR) is 77.1 cm³/mol. The Balaban J connectivity index is 1.95. The Morgan fingerprint density at radius 2 is 1.95 bits per heavy atom. The Bertz CT molecular complexity index is 616. The topological polar surface area (TPSA) is 74.5 Å². The van der Waals surface area contributed by atoms with E-state index >= 15 is 0 Å². The summed E-state index contributed by atoms with van der Waals surface area (Å²) in [6, 6.07) is 11.9. The second-order valence-electron chi connectivity index (χ2n) is 4.13. The lowest BCUT2D eigenvalue weighted by Crippen LogP contribution is -2.30. The summed E-state index contributed by atoms with van der Waals surface area (Å²) in [5.74, 6) is 0.295. The van der Waals surface area contributed by atoms with Crippen LogP contribution in [0, 0.1) is 5.21 Å². The van der Waals surface area contributed by atoms with Crippen molar-refractivity contribution in [2.75, 3.05) is 18.5 Å². The van der Waals surface area contributed by atoms with Gasteiger partial charge >= 0.3 is 5.88 Å². The van der Waals surface area contributed by atoms with Crippen LogP contribution < -0.4 is 19.5 Å². The molecule has 6 nitrogen and oxygen atoms in total. The zero-order valence-corrected chi connectivity index (χ0v) is 11.6. The van der Waals surface area contributed by atoms with Crippen molar-refractivity contribution in [3.8, 4) is 11.6 Å². The molecular formula is C15H16N2O4. The van der Waals surface area contributed by atoms with Gasteiger partial charge in [0.25, 0.3) is 5.91 Å². The van der Waals surface area contributed by atoms with Gasteiger partial charge in [-0.3, -0.25) is 4.79 Å². The Morgan fingerprint density at radius 3 is 2.71 bits per heavy atom. The number of nitrogens with one attached hydrogen (secondary N) is 1. The van der Waals surface area contributed by atoms with Gasteiger partial charge in [0.15, 0.2) is 12.8 Å². The standard InChI is InChI=1S/C15H16N2O4/c1-2-20-13-8-4-3-7-12(13)16-14(18)11-21-15-9-5-6-10-17(15)19/h3-10H,2,11H2,1H3,(H,16,18). The molecule has 0 aliphatic heterocycles. The van der Waals surface area contributed by atoms with Crippen molar-refractivity contribution >= 4 is 11.6 Å². The summed E-state index contributed by atoms with van der Waals surface area (Å²) >= 11 is 0. The van der Waals surface area contributed by atoms with Gasteiger partial charge in [0.05, 0.1) is 18.4 Å². The first-order chi connectivity index (χ1) is 10.2. The van der Waals surface area contributed by atoms with E-state index in [4.69, 9.17) is 9.47 Å². The van der Waals surface area contributed by atoms with Crippen LogP contribution in [0.5, 0.6) is 11.6 Å². The number of hydrogen-bond donors (Lipinski definition) is 1. The molecule has 21 heavy (non-hydrogen) atoms. The maximum absolute atomic E-state index is 11.9. The summed E-state index contributed by atoms with van der Waals surface area (Å²) in [6.45, 7) is 2.11. The molecule has 6 heteroatoms. The molecule has 1 heterocycles. The van der Waals surface area contributed by atoms with Crippen molar-refractivity contribution < 1.29 is 19.0 Å². The van der Waals surface area contributed by atoms with E-state index in [0.717, 1.165) is 0 Å². The zero-order valence-electron chi connectivity index (χ0n) is 11.6. The minimum atomic E-state index is -0.369. The first-order valence-corrected chi connectivity index (χ1v) is 6.53. The molecule has 0 bridgehead atoms. The van der Waals surface area contributed by atoms with E-state index in [9.17, 15) is 10.0 Å². The van der Waals surface area contributed by atoms with Crippen LogP contribution in [0.2, 0.25) is 0 Å². The van der Waals surface area contributed by atoms with Crippen LogP contribution in [0.15, 0.2) is 48.7 Å². The minimum Gasteiger partial charge on any atom is -0.616 e. The van der Waals surface area contributed by atoms with Gasteiger partial charge in [0, 0.05) is 6.07 Å². The highest BCUT2D eigenvalue weighted by Gasteiger charge is 2.11. The number of para-hydroxylation sites is 2. The number of benzene rings is 1. The van der Waals surface area contributed by atoms with Crippen LogP contribution >= 0.6 is 0 Å². The van der Waals surface area contributed by atoms with Crippen LogP contribution in [0.3, 0.4) is 0 Å². The number of anilines is 1. The summed E-state index contributed by atoms with van der Waals surface area (Å²) in [7, 11) is 0. The third-order valence-electron chi connectivity index (χ3n) is 2.60. The van der Waals surface area contributed by atoms with E-state index in [2.05, 4.69) is 5.32 Å². The SMILES string of the molecule is CCOc1ccccc1NC(=O)COc1cccc[n+]1[O-]. The first-order valence-electron chi connectivity index (χ1n) is 6.53. The number of rotatable bonds is 6. The molecule has 0 saturated heterocycles. The van der Waals surface area contributed by atoms with Crippen molar-refractivity contribution in [3.63, 3.8) is 0 Å². The molecule has 0 aliphatic rings. The van der Waals surface area contributed by atoms with Gasteiger partial charge in [0.1, 0.15) is 5.75 Å². The van der Waals surface area contributed by atoms with E-state index in [1.165, 1.54) is 12.3 Å². The molecule has 0 spiro atoms. The summed E-state index contributed by atoms with van der Waals surface area (Å²) in [6.07, 6.45) is 1.30. The van der Waals surface area contributed by atoms with E-state index in [0.29, 0.717) is 22.8 Å². The van der Waals surface area contributed by atoms with Gasteiger partial charge in [-0.15, -0.1) is 4.73 Å². The second-order valence-corrected chi connectivity index (χ2v) is 4.13. The Hall–Kier alpha value is -2.76. The molecule has 0 saturated carbocycles. The summed E-state index contributed by atoms with van der Waals surface area (Å²) in [5, 5.41) is 14.1. The van der Waals surface area contributed by atoms with Crippen molar-refractivity contribution in [3.05, 3.63) is 53.9 Å². The number of pyridine rings is 1. The van der Waals surface area contributed by atoms with E-state index in [-0.39, 0.29) is 18.4 Å². The number of ether oxygens (including phenoxy) is 2. The fourth-order valence-corrected chi connectivity index (χ4v) is 1.70. The largest absolute Gasteiger partial charge is 0.616 e. The summed E-state index contributed by atoms with van der Waals surface area (Å²) in [4.78, 5) is 11.9. The van der Waals surface area contributed by atoms with Gasteiger partial charge in [-0.05, 0) is 25.1 Å². The predicted octanol–water partition coefficient (Wildman–Crippen LogP) is 1.74. The molecule has 0 radical (unpaired) electrons. The van der Waals surface area contributed by atoms with Gasteiger partial charge in [-0.25, -0.2) is 0 Å². The van der Waals surface area contributed by atoms with Gasteiger partial charge in [-0.1, -0.05) is 12.1 Å². The molecule has 1 amide bonds. The molecular weight excluding hydrogens is 272 g/mol. The number of hydrogen-bond acceptors (Lipinski definition) is 4. The Kier molecular flexibility index (Phi) is 4.98. The number of aromatic nitrogens is 1. The lowest BCUT2D eigenvalue weighted by molar-refractivity contribution is -0.612. The lowest BCUT2D eigenvalue weighted by Gasteiger charge is -2.11. The highest BCUT2D eigenvalue weighted by molar-refractivity contribution is 5.93. The molecule has 2 aromatic rings. The first kappa shape index (κ1) is 14.6. The summed E-state index contributed by atoms with van der Waals surface area (Å²) < 4.78 is 11.1. The highest BCUT2D eigenvalue weighted by atomic mass is 16.6. The molecule has 1 N–H and O–H groups in total. The van der Waals surface area contributed by atoms with Crippen LogP contribution in [0.25, 0.3) is 0 Å². The van der Waals surface area contributed by atoms with Crippen molar-refractivity contribution in [2.24, 2.45) is 0 Å². The maximum Gasteiger partial charge on any atom is 0.379 e. The lowest BCUT2D eigenvalue weighted by atomic mass is 10.3. The fraction of sp³-hybridized carbons (Fsp3) is 0.200. The molecule has 2 rings (SSSR count). The fourth-order valence-electron chi connectivity index (χ4n) is 1.70. The zero-order chi connectivity index (χ0) is 15.1. The van der Waals surface area contributed by atoms with Crippen LogP contribution in [0.4, 0.5) is 5.69 Å². The van der Waals surface area contributed by atoms with Gasteiger partial charge < -0.3 is 20.0 Å². The third kappa shape index (κ3) is 4.10. The molecule has 0 fully saturated rings. The quantitative estimate of drug-likeness (QED) is 0.649. The molecule has 0 unspecified atom stereocenters. The third-order valence-corrected chi connectivity index (χ3v) is 2.60. The average molecular weight is 288 g/mol. The number of carbonyl (C=O) groups excluding carboxylic acids is 1. The molecule has 1 aromatic carbocycles. The van der Waals surface area contributed by atoms with Crippen molar-refractivity contribution in [2.45, 2.75) is 6.92 Å². The number of amides is 1. The molecule has 0 aliphatic carbocycles.